The van der Waals surface area contributed by atoms with Gasteiger partial charge in [-0.1, -0.05) is 23.7 Å². The van der Waals surface area contributed by atoms with Crippen molar-refractivity contribution in [2.75, 3.05) is 12.4 Å². The maximum Gasteiger partial charge on any atom is 0.157 e. The molecule has 6 heteroatoms. The monoisotopic (exact) mass is 264 g/mol. The van der Waals surface area contributed by atoms with E-state index in [0.717, 1.165) is 0 Å². The molecular weight excluding hydrogens is 252 g/mol. The molecule has 0 bridgehead atoms. The smallest absolute Gasteiger partial charge is 0.157 e. The van der Waals surface area contributed by atoms with Gasteiger partial charge in [-0.3, -0.25) is 0 Å². The summed E-state index contributed by atoms with van der Waals surface area (Å²) in [6, 6.07) is 6.44. The highest BCUT2D eigenvalue weighted by Gasteiger charge is 2.17. The predicted octanol–water partition coefficient (Wildman–Crippen LogP) is 0.608. The van der Waals surface area contributed by atoms with E-state index < -0.39 is 28.3 Å². The highest BCUT2D eigenvalue weighted by Crippen LogP contribution is 2.12. The molecule has 0 aliphatic carbocycles. The molecule has 0 aliphatic heterocycles. The first-order valence-electron chi connectivity index (χ1n) is 4.67. The van der Waals surface area contributed by atoms with Crippen molar-refractivity contribution in [1.29, 1.82) is 0 Å². The second-order valence-corrected chi connectivity index (χ2v) is 6.06. The predicted molar refractivity (Wildman–Crippen MR) is 62.0 cm³/mol. The minimum Gasteiger partial charge on any atom is -0.394 e. The maximum atomic E-state index is 11.6. The van der Waals surface area contributed by atoms with Crippen LogP contribution in [0.25, 0.3) is 0 Å². The molecule has 2 N–H and O–H groups in total. The van der Waals surface area contributed by atoms with E-state index in [4.69, 9.17) is 21.8 Å². The van der Waals surface area contributed by atoms with Gasteiger partial charge in [-0.05, 0) is 17.7 Å². The van der Waals surface area contributed by atoms with Gasteiger partial charge in [0.1, 0.15) is 0 Å². The SMILES string of the molecule is O=S(=O)(Cc1ccc(Cl)cc1)CC(O)CO. The van der Waals surface area contributed by atoms with Gasteiger partial charge in [0.15, 0.2) is 9.84 Å². The van der Waals surface area contributed by atoms with Gasteiger partial charge in [0.25, 0.3) is 0 Å². The van der Waals surface area contributed by atoms with E-state index in [1.807, 2.05) is 0 Å². The molecule has 1 aromatic rings. The molecule has 90 valence electrons. The average Bonchev–Trinajstić information content (AvgIpc) is 2.20. The van der Waals surface area contributed by atoms with Crippen molar-refractivity contribution < 1.29 is 18.6 Å². The third-order valence-corrected chi connectivity index (χ3v) is 3.87. The second kappa shape index (κ2) is 5.63. The molecule has 1 unspecified atom stereocenters. The van der Waals surface area contributed by atoms with Crippen molar-refractivity contribution in [3.05, 3.63) is 34.9 Å². The number of benzene rings is 1. The summed E-state index contributed by atoms with van der Waals surface area (Å²) in [5.41, 5.74) is 0.606. The van der Waals surface area contributed by atoms with Crippen LogP contribution in [-0.2, 0) is 15.6 Å². The summed E-state index contributed by atoms with van der Waals surface area (Å²) < 4.78 is 23.1. The zero-order valence-electron chi connectivity index (χ0n) is 8.51. The summed E-state index contributed by atoms with van der Waals surface area (Å²) in [7, 11) is -3.41. The molecule has 0 fully saturated rings. The Balaban J connectivity index is 2.69. The van der Waals surface area contributed by atoms with Crippen molar-refractivity contribution in [2.24, 2.45) is 0 Å². The Hall–Kier alpha value is -0.620. The number of hydrogen-bond donors (Lipinski definition) is 2. The van der Waals surface area contributed by atoms with Crippen molar-refractivity contribution in [3.63, 3.8) is 0 Å². The lowest BCUT2D eigenvalue weighted by Crippen LogP contribution is -2.25. The van der Waals surface area contributed by atoms with Gasteiger partial charge in [0, 0.05) is 5.02 Å². The molecule has 4 nitrogen and oxygen atoms in total. The molecule has 0 radical (unpaired) electrons. The number of rotatable bonds is 5. The highest BCUT2D eigenvalue weighted by molar-refractivity contribution is 7.90. The third kappa shape index (κ3) is 4.49. The third-order valence-electron chi connectivity index (χ3n) is 1.96. The van der Waals surface area contributed by atoms with Crippen molar-refractivity contribution >= 4 is 21.4 Å². The van der Waals surface area contributed by atoms with Crippen LogP contribution in [-0.4, -0.2) is 37.1 Å². The van der Waals surface area contributed by atoms with Crippen LogP contribution in [0.15, 0.2) is 24.3 Å². The summed E-state index contributed by atoms with van der Waals surface area (Å²) in [5.74, 6) is -0.604. The Labute approximate surface area is 99.4 Å². The van der Waals surface area contributed by atoms with Gasteiger partial charge >= 0.3 is 0 Å². The maximum absolute atomic E-state index is 11.6. The number of halogens is 1. The largest absolute Gasteiger partial charge is 0.394 e. The molecule has 0 saturated carbocycles. The fourth-order valence-corrected chi connectivity index (χ4v) is 2.88. The summed E-state index contributed by atoms with van der Waals surface area (Å²) >= 11 is 5.67. The van der Waals surface area contributed by atoms with Crippen LogP contribution in [0.4, 0.5) is 0 Å². The van der Waals surface area contributed by atoms with Crippen molar-refractivity contribution in [1.82, 2.24) is 0 Å². The fourth-order valence-electron chi connectivity index (χ4n) is 1.24. The highest BCUT2D eigenvalue weighted by atomic mass is 35.5. The number of aliphatic hydroxyl groups is 2. The van der Waals surface area contributed by atoms with E-state index in [2.05, 4.69) is 0 Å². The summed E-state index contributed by atoms with van der Waals surface area (Å²) in [5, 5.41) is 18.2. The zero-order chi connectivity index (χ0) is 12.2. The standard InChI is InChI=1S/C10H13ClO4S/c11-9-3-1-8(2-4-9)6-16(14,15)7-10(13)5-12/h1-4,10,12-13H,5-7H2. The van der Waals surface area contributed by atoms with Gasteiger partial charge in [0.2, 0.25) is 0 Å². The van der Waals surface area contributed by atoms with Gasteiger partial charge < -0.3 is 10.2 Å². The molecule has 1 aromatic carbocycles. The van der Waals surface area contributed by atoms with E-state index in [-0.39, 0.29) is 5.75 Å². The lowest BCUT2D eigenvalue weighted by Gasteiger charge is -2.08. The van der Waals surface area contributed by atoms with Gasteiger partial charge in [-0.2, -0.15) is 0 Å². The molecule has 0 aromatic heterocycles. The van der Waals surface area contributed by atoms with Crippen molar-refractivity contribution in [2.45, 2.75) is 11.9 Å². The number of hydrogen-bond acceptors (Lipinski definition) is 4. The molecule has 0 saturated heterocycles. The van der Waals surface area contributed by atoms with E-state index in [1.54, 1.807) is 24.3 Å². The molecule has 0 aliphatic rings. The first kappa shape index (κ1) is 13.4. The summed E-state index contributed by atoms with van der Waals surface area (Å²) in [4.78, 5) is 0. The minimum absolute atomic E-state index is 0.165. The lowest BCUT2D eigenvalue weighted by atomic mass is 10.2. The normalized spacial score (nSPS) is 13.7. The fraction of sp³-hybridized carbons (Fsp3) is 0.400. The van der Waals surface area contributed by atoms with Gasteiger partial charge in [0.05, 0.1) is 24.2 Å². The molecule has 1 atom stereocenters. The second-order valence-electron chi connectivity index (χ2n) is 3.52. The quantitative estimate of drug-likeness (QED) is 0.817. The topological polar surface area (TPSA) is 74.6 Å². The Bertz CT molecular complexity index is 427. The summed E-state index contributed by atoms with van der Waals surface area (Å²) in [6.07, 6.45) is -1.22. The molecule has 16 heavy (non-hydrogen) atoms. The minimum atomic E-state index is -3.41. The van der Waals surface area contributed by atoms with Gasteiger partial charge in [-0.15, -0.1) is 0 Å². The van der Waals surface area contributed by atoms with Crippen LogP contribution in [0.1, 0.15) is 5.56 Å². The summed E-state index contributed by atoms with van der Waals surface area (Å²) in [6.45, 7) is -0.556. The van der Waals surface area contributed by atoms with Crippen LogP contribution in [0.2, 0.25) is 5.02 Å². The molecule has 0 heterocycles. The van der Waals surface area contributed by atoms with Crippen LogP contribution < -0.4 is 0 Å². The van der Waals surface area contributed by atoms with E-state index in [0.29, 0.717) is 10.6 Å². The molecular formula is C10H13ClO4S. The van der Waals surface area contributed by atoms with Crippen molar-refractivity contribution in [3.8, 4) is 0 Å². The van der Waals surface area contributed by atoms with Crippen LogP contribution in [0.3, 0.4) is 0 Å². The first-order valence-corrected chi connectivity index (χ1v) is 6.86. The van der Waals surface area contributed by atoms with E-state index in [1.165, 1.54) is 0 Å². The Morgan fingerprint density at radius 1 is 1.25 bits per heavy atom. The molecule has 1 rings (SSSR count). The molecule has 0 amide bonds. The Morgan fingerprint density at radius 2 is 1.81 bits per heavy atom. The first-order chi connectivity index (χ1) is 7.43. The van der Waals surface area contributed by atoms with E-state index in [9.17, 15) is 8.42 Å². The Kier molecular flexibility index (Phi) is 4.73. The van der Waals surface area contributed by atoms with Crippen LogP contribution in [0, 0.1) is 0 Å². The Morgan fingerprint density at radius 3 is 2.31 bits per heavy atom. The van der Waals surface area contributed by atoms with Gasteiger partial charge in [-0.25, -0.2) is 8.42 Å². The lowest BCUT2D eigenvalue weighted by molar-refractivity contribution is 0.112. The molecule has 0 spiro atoms. The number of sulfone groups is 1. The van der Waals surface area contributed by atoms with Crippen LogP contribution in [0.5, 0.6) is 0 Å². The van der Waals surface area contributed by atoms with Crippen LogP contribution >= 0.6 is 11.6 Å². The number of aliphatic hydroxyl groups excluding tert-OH is 2. The average molecular weight is 265 g/mol. The van der Waals surface area contributed by atoms with E-state index >= 15 is 0 Å². The zero-order valence-corrected chi connectivity index (χ0v) is 10.1.